The van der Waals surface area contributed by atoms with Gasteiger partial charge in [-0.1, -0.05) is 13.3 Å². The summed E-state index contributed by atoms with van der Waals surface area (Å²) in [5, 5.41) is 3.15. The van der Waals surface area contributed by atoms with E-state index >= 15 is 0 Å². The summed E-state index contributed by atoms with van der Waals surface area (Å²) in [5.41, 5.74) is 0.882. The van der Waals surface area contributed by atoms with Crippen LogP contribution in [0.5, 0.6) is 0 Å². The molecule has 0 fully saturated rings. The summed E-state index contributed by atoms with van der Waals surface area (Å²) >= 11 is 1.82. The number of rotatable bonds is 11. The van der Waals surface area contributed by atoms with Crippen LogP contribution in [0.25, 0.3) is 0 Å². The molecular formula is C13H25N3O2S2. The van der Waals surface area contributed by atoms with Gasteiger partial charge in [0.05, 0.1) is 4.90 Å². The second-order valence-corrected chi connectivity index (χ2v) is 7.34. The molecule has 0 atom stereocenters. The van der Waals surface area contributed by atoms with Gasteiger partial charge in [-0.05, 0) is 37.5 Å². The number of hydrogen-bond acceptors (Lipinski definition) is 4. The number of aromatic amines is 1. The first kappa shape index (κ1) is 17.6. The van der Waals surface area contributed by atoms with E-state index < -0.39 is 10.0 Å². The summed E-state index contributed by atoms with van der Waals surface area (Å²) in [6.07, 6.45) is 6.71. The van der Waals surface area contributed by atoms with E-state index in [2.05, 4.69) is 21.3 Å². The number of nitrogens with one attached hydrogen (secondary N) is 3. The zero-order chi connectivity index (χ0) is 14.8. The molecule has 0 aliphatic carbocycles. The van der Waals surface area contributed by atoms with E-state index in [9.17, 15) is 8.42 Å². The predicted molar refractivity (Wildman–Crippen MR) is 85.6 cm³/mol. The lowest BCUT2D eigenvalue weighted by atomic mass is 10.2. The Morgan fingerprint density at radius 3 is 2.80 bits per heavy atom. The van der Waals surface area contributed by atoms with Gasteiger partial charge in [-0.3, -0.25) is 0 Å². The van der Waals surface area contributed by atoms with Gasteiger partial charge < -0.3 is 10.3 Å². The Bertz CT molecular complexity index is 472. The van der Waals surface area contributed by atoms with Crippen molar-refractivity contribution in [3.63, 3.8) is 0 Å². The molecule has 1 aromatic heterocycles. The minimum Gasteiger partial charge on any atom is -0.363 e. The summed E-state index contributed by atoms with van der Waals surface area (Å²) < 4.78 is 26.8. The lowest BCUT2D eigenvalue weighted by molar-refractivity contribution is 0.576. The van der Waals surface area contributed by atoms with Crippen molar-refractivity contribution in [1.29, 1.82) is 0 Å². The topological polar surface area (TPSA) is 74.0 Å². The van der Waals surface area contributed by atoms with Gasteiger partial charge in [-0.25, -0.2) is 13.1 Å². The van der Waals surface area contributed by atoms with Gasteiger partial charge in [0.15, 0.2) is 0 Å². The molecule has 20 heavy (non-hydrogen) atoms. The number of hydrogen-bond donors (Lipinski definition) is 3. The molecule has 0 saturated carbocycles. The Hall–Kier alpha value is -0.500. The van der Waals surface area contributed by atoms with Crippen molar-refractivity contribution >= 4 is 21.8 Å². The van der Waals surface area contributed by atoms with Crippen molar-refractivity contribution in [2.75, 3.05) is 25.1 Å². The van der Waals surface area contributed by atoms with Gasteiger partial charge in [0.25, 0.3) is 0 Å². The first-order valence-corrected chi connectivity index (χ1v) is 9.84. The lowest BCUT2D eigenvalue weighted by Gasteiger charge is -2.04. The lowest BCUT2D eigenvalue weighted by Crippen LogP contribution is -2.24. The molecule has 5 nitrogen and oxygen atoms in total. The molecule has 1 rings (SSSR count). The average Bonchev–Trinajstić information content (AvgIpc) is 2.90. The number of H-pyrrole nitrogens is 1. The van der Waals surface area contributed by atoms with Crippen molar-refractivity contribution in [2.45, 2.75) is 37.6 Å². The highest BCUT2D eigenvalue weighted by Gasteiger charge is 2.14. The molecule has 1 aromatic rings. The van der Waals surface area contributed by atoms with E-state index in [1.807, 2.05) is 18.7 Å². The molecule has 0 bridgehead atoms. The molecule has 0 saturated heterocycles. The minimum atomic E-state index is -3.37. The third kappa shape index (κ3) is 6.30. The number of sulfonamides is 1. The van der Waals surface area contributed by atoms with Gasteiger partial charge in [0.1, 0.15) is 0 Å². The third-order valence-corrected chi connectivity index (χ3v) is 5.05. The van der Waals surface area contributed by atoms with Crippen LogP contribution in [0.1, 0.15) is 31.9 Å². The summed E-state index contributed by atoms with van der Waals surface area (Å²) in [4.78, 5) is 3.29. The third-order valence-electron chi connectivity index (χ3n) is 2.91. The zero-order valence-electron chi connectivity index (χ0n) is 12.2. The number of aromatic nitrogens is 1. The fraction of sp³-hybridized carbons (Fsp3) is 0.692. The molecule has 0 radical (unpaired) electrons. The summed E-state index contributed by atoms with van der Waals surface area (Å²) in [7, 11) is -3.37. The van der Waals surface area contributed by atoms with E-state index in [4.69, 9.17) is 0 Å². The van der Waals surface area contributed by atoms with Gasteiger partial charge >= 0.3 is 0 Å². The second kappa shape index (κ2) is 9.44. The normalized spacial score (nSPS) is 11.9. The maximum atomic E-state index is 12.1. The minimum absolute atomic E-state index is 0.314. The van der Waals surface area contributed by atoms with Crippen LogP contribution in [0.4, 0.5) is 0 Å². The Kier molecular flexibility index (Phi) is 8.28. The van der Waals surface area contributed by atoms with Crippen LogP contribution < -0.4 is 10.0 Å². The van der Waals surface area contributed by atoms with E-state index in [1.54, 1.807) is 12.3 Å². The van der Waals surface area contributed by atoms with Gasteiger partial charge in [-0.15, -0.1) is 0 Å². The van der Waals surface area contributed by atoms with Crippen LogP contribution >= 0.6 is 11.8 Å². The fourth-order valence-electron chi connectivity index (χ4n) is 1.77. The first-order chi connectivity index (χ1) is 9.60. The highest BCUT2D eigenvalue weighted by molar-refractivity contribution is 7.98. The highest BCUT2D eigenvalue weighted by atomic mass is 32.2. The fourth-order valence-corrected chi connectivity index (χ4v) is 3.36. The van der Waals surface area contributed by atoms with Crippen LogP contribution in [0.3, 0.4) is 0 Å². The molecule has 0 aliphatic heterocycles. The Balaban J connectivity index is 2.38. The van der Waals surface area contributed by atoms with Crippen LogP contribution in [0.2, 0.25) is 0 Å². The van der Waals surface area contributed by atoms with Crippen molar-refractivity contribution in [3.05, 3.63) is 18.0 Å². The molecule has 0 aromatic carbocycles. The van der Waals surface area contributed by atoms with Crippen molar-refractivity contribution in [1.82, 2.24) is 15.0 Å². The standard InChI is InChI=1S/C13H25N3O2S2/c1-3-14-10-12-9-13(11-15-12)20(17,18)16-7-5-4-6-8-19-2/h9,11,14-16H,3-8,10H2,1-2H3. The Labute approximate surface area is 126 Å². The number of unbranched alkanes of at least 4 members (excludes halogenated alkanes) is 2. The Morgan fingerprint density at radius 2 is 2.10 bits per heavy atom. The highest BCUT2D eigenvalue weighted by Crippen LogP contribution is 2.11. The summed E-state index contributed by atoms with van der Waals surface area (Å²) in [6, 6.07) is 1.68. The number of thioether (sulfide) groups is 1. The molecule has 116 valence electrons. The van der Waals surface area contributed by atoms with Crippen molar-refractivity contribution < 1.29 is 8.42 Å². The van der Waals surface area contributed by atoms with Crippen LogP contribution in [0.15, 0.2) is 17.2 Å². The average molecular weight is 319 g/mol. The van der Waals surface area contributed by atoms with E-state index in [1.165, 1.54) is 0 Å². The smallest absolute Gasteiger partial charge is 0.242 e. The maximum absolute atomic E-state index is 12.1. The second-order valence-electron chi connectivity index (χ2n) is 4.59. The summed E-state index contributed by atoms with van der Waals surface area (Å²) in [6.45, 7) is 4.03. The molecule has 0 spiro atoms. The SMILES string of the molecule is CCNCc1cc(S(=O)(=O)NCCCCCSC)c[nH]1. The van der Waals surface area contributed by atoms with Crippen molar-refractivity contribution in [3.8, 4) is 0 Å². The van der Waals surface area contributed by atoms with Crippen LogP contribution in [0, 0.1) is 0 Å². The molecule has 1 heterocycles. The van der Waals surface area contributed by atoms with Gasteiger partial charge in [0.2, 0.25) is 10.0 Å². The molecule has 0 unspecified atom stereocenters. The quantitative estimate of drug-likeness (QED) is 0.545. The first-order valence-electron chi connectivity index (χ1n) is 6.96. The molecule has 7 heteroatoms. The van der Waals surface area contributed by atoms with Gasteiger partial charge in [-0.2, -0.15) is 11.8 Å². The zero-order valence-corrected chi connectivity index (χ0v) is 13.9. The molecular weight excluding hydrogens is 294 g/mol. The Morgan fingerprint density at radius 1 is 1.30 bits per heavy atom. The molecule has 0 amide bonds. The predicted octanol–water partition coefficient (Wildman–Crippen LogP) is 1.94. The molecule has 3 N–H and O–H groups in total. The van der Waals surface area contributed by atoms with E-state index in [-0.39, 0.29) is 0 Å². The summed E-state index contributed by atoms with van der Waals surface area (Å²) in [5.74, 6) is 1.14. The monoisotopic (exact) mass is 319 g/mol. The van der Waals surface area contributed by atoms with Crippen LogP contribution in [-0.4, -0.2) is 38.5 Å². The van der Waals surface area contributed by atoms with E-state index in [0.29, 0.717) is 18.0 Å². The maximum Gasteiger partial charge on any atom is 0.242 e. The van der Waals surface area contributed by atoms with Crippen LogP contribution in [-0.2, 0) is 16.6 Å². The van der Waals surface area contributed by atoms with Gasteiger partial charge in [0, 0.05) is 25.0 Å². The van der Waals surface area contributed by atoms with E-state index in [0.717, 1.165) is 37.3 Å². The largest absolute Gasteiger partial charge is 0.363 e. The van der Waals surface area contributed by atoms with Crippen molar-refractivity contribution in [2.24, 2.45) is 0 Å². The molecule has 0 aliphatic rings.